The van der Waals surface area contributed by atoms with E-state index in [1.165, 1.54) is 11.0 Å². The maximum atomic E-state index is 13.6. The quantitative estimate of drug-likeness (QED) is 0.765. The van der Waals surface area contributed by atoms with E-state index >= 15 is 0 Å². The summed E-state index contributed by atoms with van der Waals surface area (Å²) in [4.78, 5) is 17.8. The molecule has 4 nitrogen and oxygen atoms in total. The molecular weight excluding hydrogens is 312 g/mol. The Kier molecular flexibility index (Phi) is 6.15. The van der Waals surface area contributed by atoms with Gasteiger partial charge in [0.1, 0.15) is 11.6 Å². The van der Waals surface area contributed by atoms with Crippen molar-refractivity contribution < 1.29 is 13.6 Å². The Hall–Kier alpha value is -3.07. The Balaban J connectivity index is 2.15. The summed E-state index contributed by atoms with van der Waals surface area (Å²) in [7, 11) is 0. The fourth-order valence-corrected chi connectivity index (χ4v) is 2.07. The van der Waals surface area contributed by atoms with Crippen molar-refractivity contribution in [3.63, 3.8) is 0 Å². The maximum Gasteiger partial charge on any atom is 0.246 e. The summed E-state index contributed by atoms with van der Waals surface area (Å²) < 4.78 is 27.2. The Morgan fingerprint density at radius 2 is 1.96 bits per heavy atom. The average Bonchev–Trinajstić information content (AvgIpc) is 2.59. The molecule has 0 saturated heterocycles. The van der Waals surface area contributed by atoms with E-state index in [4.69, 9.17) is 5.26 Å². The second-order valence-corrected chi connectivity index (χ2v) is 4.96. The maximum absolute atomic E-state index is 13.6. The molecule has 1 aromatic heterocycles. The molecular formula is C18H15F2N3O. The number of hydrogen-bond donors (Lipinski definition) is 0. The first kappa shape index (κ1) is 17.3. The van der Waals surface area contributed by atoms with Crippen molar-refractivity contribution in [3.8, 4) is 6.07 Å². The first-order chi connectivity index (χ1) is 11.6. The van der Waals surface area contributed by atoms with Gasteiger partial charge in [-0.1, -0.05) is 12.1 Å². The minimum absolute atomic E-state index is 0.153. The molecule has 0 aliphatic rings. The van der Waals surface area contributed by atoms with Crippen molar-refractivity contribution in [1.82, 2.24) is 9.88 Å². The summed E-state index contributed by atoms with van der Waals surface area (Å²) in [6.07, 6.45) is 3.96. The zero-order chi connectivity index (χ0) is 17.4. The van der Waals surface area contributed by atoms with Crippen LogP contribution in [0, 0.1) is 23.0 Å². The molecule has 0 aliphatic carbocycles. The number of carbonyl (C=O) groups is 1. The first-order valence-corrected chi connectivity index (χ1v) is 7.29. The monoisotopic (exact) mass is 327 g/mol. The van der Waals surface area contributed by atoms with Gasteiger partial charge < -0.3 is 4.90 Å². The van der Waals surface area contributed by atoms with Gasteiger partial charge in [-0.2, -0.15) is 5.26 Å². The molecule has 0 atom stereocenters. The van der Waals surface area contributed by atoms with Crippen LogP contribution in [0.2, 0.25) is 0 Å². The SMILES string of the molecule is N#CCCN(Cc1ccccn1)C(=O)C=Cc1c(F)cccc1F. The molecule has 122 valence electrons. The average molecular weight is 327 g/mol. The van der Waals surface area contributed by atoms with Gasteiger partial charge in [0.15, 0.2) is 0 Å². The van der Waals surface area contributed by atoms with E-state index < -0.39 is 17.5 Å². The van der Waals surface area contributed by atoms with Crippen LogP contribution in [-0.2, 0) is 11.3 Å². The highest BCUT2D eigenvalue weighted by Crippen LogP contribution is 2.14. The number of carbonyl (C=O) groups excluding carboxylic acids is 1. The van der Waals surface area contributed by atoms with Crippen LogP contribution in [0.1, 0.15) is 17.7 Å². The molecule has 0 fully saturated rings. The zero-order valence-electron chi connectivity index (χ0n) is 12.8. The van der Waals surface area contributed by atoms with Crippen molar-refractivity contribution >= 4 is 12.0 Å². The molecule has 6 heteroatoms. The highest BCUT2D eigenvalue weighted by atomic mass is 19.1. The summed E-state index contributed by atoms with van der Waals surface area (Å²) in [6.45, 7) is 0.418. The molecule has 0 aliphatic heterocycles. The zero-order valence-corrected chi connectivity index (χ0v) is 12.8. The van der Waals surface area contributed by atoms with Gasteiger partial charge in [0.25, 0.3) is 0 Å². The second-order valence-electron chi connectivity index (χ2n) is 4.96. The third-order valence-electron chi connectivity index (χ3n) is 3.28. The molecule has 0 saturated carbocycles. The Bertz CT molecular complexity index is 749. The molecule has 0 spiro atoms. The molecule has 0 radical (unpaired) electrons. The van der Waals surface area contributed by atoms with Crippen LogP contribution in [0.15, 0.2) is 48.7 Å². The molecule has 1 aromatic carbocycles. The van der Waals surface area contributed by atoms with Crippen LogP contribution >= 0.6 is 0 Å². The smallest absolute Gasteiger partial charge is 0.246 e. The van der Waals surface area contributed by atoms with E-state index in [0.717, 1.165) is 24.3 Å². The normalized spacial score (nSPS) is 10.5. The first-order valence-electron chi connectivity index (χ1n) is 7.29. The van der Waals surface area contributed by atoms with Gasteiger partial charge in [-0.15, -0.1) is 0 Å². The predicted octanol–water partition coefficient (Wildman–Crippen LogP) is 3.32. The number of aromatic nitrogens is 1. The van der Waals surface area contributed by atoms with Crippen LogP contribution in [0.4, 0.5) is 8.78 Å². The molecule has 0 N–H and O–H groups in total. The van der Waals surface area contributed by atoms with Crippen molar-refractivity contribution in [1.29, 1.82) is 5.26 Å². The van der Waals surface area contributed by atoms with Crippen LogP contribution in [0.5, 0.6) is 0 Å². The van der Waals surface area contributed by atoms with Gasteiger partial charge in [-0.25, -0.2) is 8.78 Å². The van der Waals surface area contributed by atoms with Gasteiger partial charge in [-0.05, 0) is 30.3 Å². The summed E-state index contributed by atoms with van der Waals surface area (Å²) in [6, 6.07) is 10.8. The van der Waals surface area contributed by atoms with Gasteiger partial charge in [-0.3, -0.25) is 9.78 Å². The van der Waals surface area contributed by atoms with Crippen molar-refractivity contribution in [3.05, 3.63) is 71.6 Å². The second kappa shape index (κ2) is 8.53. The number of halogens is 2. The largest absolute Gasteiger partial charge is 0.332 e. The molecule has 1 heterocycles. The summed E-state index contributed by atoms with van der Waals surface area (Å²) >= 11 is 0. The van der Waals surface area contributed by atoms with Gasteiger partial charge in [0.2, 0.25) is 5.91 Å². The van der Waals surface area contributed by atoms with Crippen LogP contribution in [0.3, 0.4) is 0 Å². The highest BCUT2D eigenvalue weighted by Gasteiger charge is 2.13. The van der Waals surface area contributed by atoms with Crippen molar-refractivity contribution in [2.45, 2.75) is 13.0 Å². The number of nitriles is 1. The summed E-state index contributed by atoms with van der Waals surface area (Å²) in [5.41, 5.74) is 0.387. The summed E-state index contributed by atoms with van der Waals surface area (Å²) in [5, 5.41) is 8.72. The lowest BCUT2D eigenvalue weighted by molar-refractivity contribution is -0.126. The summed E-state index contributed by atoms with van der Waals surface area (Å²) in [5.74, 6) is -1.93. The lowest BCUT2D eigenvalue weighted by Gasteiger charge is -2.19. The van der Waals surface area contributed by atoms with Gasteiger partial charge in [0, 0.05) is 24.4 Å². The molecule has 0 bridgehead atoms. The molecule has 0 unspecified atom stereocenters. The lowest BCUT2D eigenvalue weighted by atomic mass is 10.2. The third-order valence-corrected chi connectivity index (χ3v) is 3.28. The predicted molar refractivity (Wildman–Crippen MR) is 85.3 cm³/mol. The van der Waals surface area contributed by atoms with Crippen molar-refractivity contribution in [2.24, 2.45) is 0 Å². The Morgan fingerprint density at radius 3 is 2.58 bits per heavy atom. The lowest BCUT2D eigenvalue weighted by Crippen LogP contribution is -2.30. The van der Waals surface area contributed by atoms with Crippen LogP contribution in [0.25, 0.3) is 6.08 Å². The third kappa shape index (κ3) is 4.71. The van der Waals surface area contributed by atoms with E-state index in [2.05, 4.69) is 4.98 Å². The van der Waals surface area contributed by atoms with E-state index in [1.54, 1.807) is 24.4 Å². The van der Waals surface area contributed by atoms with Crippen LogP contribution in [-0.4, -0.2) is 22.3 Å². The number of rotatable bonds is 6. The standard InChI is InChI=1S/C18H15F2N3O/c19-16-6-3-7-17(20)15(16)8-9-18(24)23(12-4-10-21)13-14-5-1-2-11-22-14/h1-3,5-9,11H,4,12-13H2. The highest BCUT2D eigenvalue weighted by molar-refractivity contribution is 5.91. The number of nitrogens with zero attached hydrogens (tertiary/aromatic N) is 3. The number of benzene rings is 1. The fourth-order valence-electron chi connectivity index (χ4n) is 2.07. The van der Waals surface area contributed by atoms with E-state index in [1.807, 2.05) is 6.07 Å². The Labute approximate surface area is 138 Å². The molecule has 1 amide bonds. The minimum Gasteiger partial charge on any atom is -0.332 e. The number of pyridine rings is 1. The van der Waals surface area contributed by atoms with E-state index in [-0.39, 0.29) is 25.1 Å². The fraction of sp³-hybridized carbons (Fsp3) is 0.167. The Morgan fingerprint density at radius 1 is 1.21 bits per heavy atom. The van der Waals surface area contributed by atoms with E-state index in [0.29, 0.717) is 5.69 Å². The molecule has 2 aromatic rings. The molecule has 2 rings (SSSR count). The number of hydrogen-bond acceptors (Lipinski definition) is 3. The van der Waals surface area contributed by atoms with Crippen molar-refractivity contribution in [2.75, 3.05) is 6.54 Å². The molecule has 24 heavy (non-hydrogen) atoms. The number of amides is 1. The van der Waals surface area contributed by atoms with Crippen LogP contribution < -0.4 is 0 Å². The van der Waals surface area contributed by atoms with E-state index in [9.17, 15) is 13.6 Å². The van der Waals surface area contributed by atoms with Gasteiger partial charge in [0.05, 0.1) is 24.7 Å². The minimum atomic E-state index is -0.743. The van der Waals surface area contributed by atoms with Gasteiger partial charge >= 0.3 is 0 Å². The topological polar surface area (TPSA) is 57.0 Å².